The van der Waals surface area contributed by atoms with E-state index in [2.05, 4.69) is 83.8 Å². The van der Waals surface area contributed by atoms with E-state index in [4.69, 9.17) is 4.74 Å². The van der Waals surface area contributed by atoms with Gasteiger partial charge in [0.1, 0.15) is 12.4 Å². The van der Waals surface area contributed by atoms with Gasteiger partial charge in [0.15, 0.2) is 0 Å². The van der Waals surface area contributed by atoms with Crippen LogP contribution in [0.4, 0.5) is 0 Å². The maximum atomic E-state index is 5.90. The van der Waals surface area contributed by atoms with Gasteiger partial charge in [-0.25, -0.2) is 0 Å². The van der Waals surface area contributed by atoms with Crippen LogP contribution in [-0.4, -0.2) is 4.98 Å². The monoisotopic (exact) mass is 389 g/mol. The Hall–Kier alpha value is -3.78. The summed E-state index contributed by atoms with van der Waals surface area (Å²) in [7, 11) is 0. The Balaban J connectivity index is 1.31. The molecule has 0 unspecified atom stereocenters. The summed E-state index contributed by atoms with van der Waals surface area (Å²) in [6, 6.07) is 38.0. The highest BCUT2D eigenvalue weighted by Gasteiger charge is 2.06. The van der Waals surface area contributed by atoms with Gasteiger partial charge in [-0.1, -0.05) is 66.7 Å². The molecule has 1 N–H and O–H groups in total. The molecule has 0 amide bonds. The van der Waals surface area contributed by atoms with Crippen LogP contribution in [-0.2, 0) is 13.0 Å². The Kier molecular flexibility index (Phi) is 5.05. The summed E-state index contributed by atoms with van der Waals surface area (Å²) in [6.45, 7) is 0.580. The summed E-state index contributed by atoms with van der Waals surface area (Å²) in [5.41, 5.74) is 7.26. The Labute approximate surface area is 176 Å². The lowest BCUT2D eigenvalue weighted by Gasteiger charge is -2.07. The quantitative estimate of drug-likeness (QED) is 0.332. The van der Waals surface area contributed by atoms with Crippen LogP contribution in [0.2, 0.25) is 0 Å². The third-order valence-electron chi connectivity index (χ3n) is 5.35. The van der Waals surface area contributed by atoms with Crippen LogP contribution in [0.1, 0.15) is 16.7 Å². The molecule has 1 heterocycles. The molecule has 146 valence electrons. The molecule has 4 aromatic carbocycles. The normalized spacial score (nSPS) is 10.9. The molecule has 2 heteroatoms. The van der Waals surface area contributed by atoms with E-state index in [1.165, 1.54) is 22.1 Å². The third kappa shape index (κ3) is 4.13. The molecule has 0 bridgehead atoms. The zero-order valence-electron chi connectivity index (χ0n) is 16.7. The van der Waals surface area contributed by atoms with Gasteiger partial charge < -0.3 is 9.72 Å². The Morgan fingerprint density at radius 1 is 0.600 bits per heavy atom. The lowest BCUT2D eigenvalue weighted by atomic mass is 10.0. The van der Waals surface area contributed by atoms with Crippen LogP contribution < -0.4 is 4.74 Å². The molecule has 5 aromatic rings. The predicted octanol–water partition coefficient (Wildman–Crippen LogP) is 7.00. The van der Waals surface area contributed by atoms with Crippen LogP contribution in [0, 0.1) is 0 Å². The number of benzene rings is 4. The number of aromatic nitrogens is 1. The van der Waals surface area contributed by atoms with E-state index in [1.807, 2.05) is 30.3 Å². The second-order valence-corrected chi connectivity index (χ2v) is 7.57. The molecule has 1 aromatic heterocycles. The van der Waals surface area contributed by atoms with Crippen molar-refractivity contribution in [3.8, 4) is 17.0 Å². The Morgan fingerprint density at radius 2 is 1.30 bits per heavy atom. The average Bonchev–Trinajstić information content (AvgIpc) is 3.23. The van der Waals surface area contributed by atoms with Crippen LogP contribution in [0.15, 0.2) is 109 Å². The summed E-state index contributed by atoms with van der Waals surface area (Å²) in [6.07, 6.45) is 0.949. The van der Waals surface area contributed by atoms with Crippen molar-refractivity contribution >= 4 is 10.9 Å². The number of aromatic amines is 1. The fourth-order valence-electron chi connectivity index (χ4n) is 3.75. The van der Waals surface area contributed by atoms with Crippen LogP contribution in [0.25, 0.3) is 22.2 Å². The first-order chi connectivity index (χ1) is 14.8. The summed E-state index contributed by atoms with van der Waals surface area (Å²) in [5, 5.41) is 1.24. The highest BCUT2D eigenvalue weighted by molar-refractivity contribution is 5.86. The zero-order valence-corrected chi connectivity index (χ0v) is 16.7. The van der Waals surface area contributed by atoms with Crippen molar-refractivity contribution in [1.29, 1.82) is 0 Å². The third-order valence-corrected chi connectivity index (χ3v) is 5.35. The van der Waals surface area contributed by atoms with Crippen LogP contribution >= 0.6 is 0 Å². The number of rotatable bonds is 6. The Bertz CT molecular complexity index is 1240. The number of nitrogens with one attached hydrogen (secondary N) is 1. The molecule has 0 aliphatic rings. The van der Waals surface area contributed by atoms with E-state index < -0.39 is 0 Å². The van der Waals surface area contributed by atoms with E-state index >= 15 is 0 Å². The molecule has 0 aliphatic heterocycles. The minimum atomic E-state index is 0.580. The van der Waals surface area contributed by atoms with E-state index in [9.17, 15) is 0 Å². The molecule has 0 radical (unpaired) electrons. The zero-order chi connectivity index (χ0) is 20.2. The summed E-state index contributed by atoms with van der Waals surface area (Å²) in [4.78, 5) is 3.54. The van der Waals surface area contributed by atoms with Crippen molar-refractivity contribution in [2.24, 2.45) is 0 Å². The molecule has 0 saturated heterocycles. The molecule has 30 heavy (non-hydrogen) atoms. The lowest BCUT2D eigenvalue weighted by molar-refractivity contribution is 0.306. The van der Waals surface area contributed by atoms with Gasteiger partial charge in [0, 0.05) is 16.6 Å². The van der Waals surface area contributed by atoms with Gasteiger partial charge >= 0.3 is 0 Å². The van der Waals surface area contributed by atoms with Gasteiger partial charge in [0.2, 0.25) is 0 Å². The average molecular weight is 389 g/mol. The SMILES string of the molecule is c1ccc(COc2ccc(-c3cc4cc(Cc5ccccc5)ccc4[nH]3)cc2)cc1. The van der Waals surface area contributed by atoms with Crippen molar-refractivity contribution in [2.45, 2.75) is 13.0 Å². The molecular weight excluding hydrogens is 366 g/mol. The molecule has 0 spiro atoms. The molecular formula is C28H23NO. The van der Waals surface area contributed by atoms with E-state index in [-0.39, 0.29) is 0 Å². The highest BCUT2D eigenvalue weighted by atomic mass is 16.5. The summed E-state index contributed by atoms with van der Waals surface area (Å²) in [5.74, 6) is 0.879. The minimum absolute atomic E-state index is 0.580. The topological polar surface area (TPSA) is 25.0 Å². The van der Waals surface area contributed by atoms with Gasteiger partial charge in [0.05, 0.1) is 0 Å². The highest BCUT2D eigenvalue weighted by Crippen LogP contribution is 2.27. The first kappa shape index (κ1) is 18.3. The standard InChI is InChI=1S/C28H23NO/c1-3-7-21(8-4-1)17-23-11-16-27-25(18-23)19-28(29-27)24-12-14-26(15-13-24)30-20-22-9-5-2-6-10-22/h1-16,18-19,29H,17,20H2. The van der Waals surface area contributed by atoms with Crippen LogP contribution in [0.3, 0.4) is 0 Å². The minimum Gasteiger partial charge on any atom is -0.489 e. The molecule has 0 fully saturated rings. The van der Waals surface area contributed by atoms with Gasteiger partial charge in [-0.05, 0) is 71.1 Å². The first-order valence-electron chi connectivity index (χ1n) is 10.3. The second-order valence-electron chi connectivity index (χ2n) is 7.57. The Morgan fingerprint density at radius 3 is 2.03 bits per heavy atom. The largest absolute Gasteiger partial charge is 0.489 e. The van der Waals surface area contributed by atoms with E-state index in [1.54, 1.807) is 0 Å². The van der Waals surface area contributed by atoms with Crippen molar-refractivity contribution in [1.82, 2.24) is 4.98 Å². The van der Waals surface area contributed by atoms with Crippen molar-refractivity contribution in [2.75, 3.05) is 0 Å². The van der Waals surface area contributed by atoms with Gasteiger partial charge in [-0.3, -0.25) is 0 Å². The first-order valence-corrected chi connectivity index (χ1v) is 10.3. The smallest absolute Gasteiger partial charge is 0.119 e. The second kappa shape index (κ2) is 8.30. The fraction of sp³-hybridized carbons (Fsp3) is 0.0714. The van der Waals surface area contributed by atoms with Crippen LogP contribution in [0.5, 0.6) is 5.75 Å². The molecule has 5 rings (SSSR count). The number of ether oxygens (including phenoxy) is 1. The predicted molar refractivity (Wildman–Crippen MR) is 124 cm³/mol. The van der Waals surface area contributed by atoms with E-state index in [0.717, 1.165) is 28.9 Å². The summed E-state index contributed by atoms with van der Waals surface area (Å²) >= 11 is 0. The number of H-pyrrole nitrogens is 1. The fourth-order valence-corrected chi connectivity index (χ4v) is 3.75. The molecule has 0 atom stereocenters. The maximum Gasteiger partial charge on any atom is 0.119 e. The van der Waals surface area contributed by atoms with Gasteiger partial charge in [0.25, 0.3) is 0 Å². The molecule has 2 nitrogen and oxygen atoms in total. The van der Waals surface area contributed by atoms with E-state index in [0.29, 0.717) is 6.61 Å². The van der Waals surface area contributed by atoms with Crippen molar-refractivity contribution in [3.63, 3.8) is 0 Å². The van der Waals surface area contributed by atoms with Crippen molar-refractivity contribution < 1.29 is 4.74 Å². The maximum absolute atomic E-state index is 5.90. The number of hydrogen-bond donors (Lipinski definition) is 1. The number of hydrogen-bond acceptors (Lipinski definition) is 1. The van der Waals surface area contributed by atoms with Crippen molar-refractivity contribution in [3.05, 3.63) is 126 Å². The molecule has 0 saturated carbocycles. The number of fused-ring (bicyclic) bond motifs is 1. The summed E-state index contributed by atoms with van der Waals surface area (Å²) < 4.78 is 5.90. The molecule has 0 aliphatic carbocycles. The van der Waals surface area contributed by atoms with Gasteiger partial charge in [-0.2, -0.15) is 0 Å². The van der Waals surface area contributed by atoms with Gasteiger partial charge in [-0.15, -0.1) is 0 Å². The lowest BCUT2D eigenvalue weighted by Crippen LogP contribution is -1.94.